The third-order valence-corrected chi connectivity index (χ3v) is 6.87. The molecule has 0 bridgehead atoms. The summed E-state index contributed by atoms with van der Waals surface area (Å²) in [5, 5.41) is 7.20. The molecule has 0 unspecified atom stereocenters. The number of hydrogen-bond donors (Lipinski definition) is 3. The summed E-state index contributed by atoms with van der Waals surface area (Å²) in [6.07, 6.45) is 11.0. The number of nitrogens with zero attached hydrogens (tertiary/aromatic N) is 4. The quantitative estimate of drug-likeness (QED) is 0.412. The van der Waals surface area contributed by atoms with Crippen LogP contribution in [0.25, 0.3) is 11.2 Å². The van der Waals surface area contributed by atoms with Crippen LogP contribution in [0.4, 0.5) is 11.9 Å². The molecule has 0 saturated heterocycles. The van der Waals surface area contributed by atoms with Gasteiger partial charge in [-0.15, -0.1) is 24.8 Å². The number of benzene rings is 1. The molecule has 0 spiro atoms. The molecule has 33 heavy (non-hydrogen) atoms. The molecule has 7 nitrogen and oxygen atoms in total. The maximum atomic E-state index is 6.06. The molecule has 0 amide bonds. The van der Waals surface area contributed by atoms with Crippen molar-refractivity contribution in [3.63, 3.8) is 0 Å². The van der Waals surface area contributed by atoms with E-state index >= 15 is 0 Å². The first-order valence-corrected chi connectivity index (χ1v) is 11.8. The van der Waals surface area contributed by atoms with E-state index in [4.69, 9.17) is 15.7 Å². The summed E-state index contributed by atoms with van der Waals surface area (Å²) in [5.41, 5.74) is 9.09. The van der Waals surface area contributed by atoms with Gasteiger partial charge >= 0.3 is 0 Å². The van der Waals surface area contributed by atoms with Gasteiger partial charge in [-0.2, -0.15) is 4.98 Å². The Balaban J connectivity index is 0.00000153. The molecule has 0 radical (unpaired) electrons. The molecule has 1 aromatic carbocycles. The van der Waals surface area contributed by atoms with Crippen LogP contribution in [0.3, 0.4) is 0 Å². The van der Waals surface area contributed by atoms with Gasteiger partial charge in [-0.25, -0.2) is 9.97 Å². The van der Waals surface area contributed by atoms with Gasteiger partial charge < -0.3 is 16.4 Å². The monoisotopic (exact) mass is 491 g/mol. The van der Waals surface area contributed by atoms with Crippen LogP contribution in [0.1, 0.15) is 75.9 Å². The topological polar surface area (TPSA) is 93.7 Å². The first-order valence-electron chi connectivity index (χ1n) is 11.8. The highest BCUT2D eigenvalue weighted by Crippen LogP contribution is 2.36. The third-order valence-electron chi connectivity index (χ3n) is 6.87. The summed E-state index contributed by atoms with van der Waals surface area (Å²) in [7, 11) is 0. The molecule has 2 saturated carbocycles. The summed E-state index contributed by atoms with van der Waals surface area (Å²) in [5.74, 6) is 1.60. The van der Waals surface area contributed by atoms with E-state index in [9.17, 15) is 0 Å². The summed E-state index contributed by atoms with van der Waals surface area (Å²) < 4.78 is 2.32. The minimum atomic E-state index is 0. The predicted octanol–water partition coefficient (Wildman–Crippen LogP) is 5.64. The Labute approximate surface area is 208 Å². The lowest BCUT2D eigenvalue weighted by molar-refractivity contribution is 0.410. The summed E-state index contributed by atoms with van der Waals surface area (Å²) in [6.45, 7) is 2.18. The number of imidazole rings is 1. The van der Waals surface area contributed by atoms with Gasteiger partial charge in [0.05, 0.1) is 12.2 Å². The van der Waals surface area contributed by atoms with Gasteiger partial charge in [-0.3, -0.25) is 4.57 Å². The zero-order valence-corrected chi connectivity index (χ0v) is 20.7. The van der Waals surface area contributed by atoms with Crippen molar-refractivity contribution in [2.24, 2.45) is 5.73 Å². The van der Waals surface area contributed by atoms with Gasteiger partial charge in [-0.1, -0.05) is 43.2 Å². The molecule has 2 aromatic heterocycles. The Bertz CT molecular complexity index is 1010. The van der Waals surface area contributed by atoms with Crippen LogP contribution in [0, 0.1) is 0 Å². The number of nitrogens with one attached hydrogen (secondary N) is 2. The fourth-order valence-corrected chi connectivity index (χ4v) is 5.04. The maximum Gasteiger partial charge on any atom is 0.224 e. The van der Waals surface area contributed by atoms with Crippen LogP contribution in [0.15, 0.2) is 36.5 Å². The van der Waals surface area contributed by atoms with Crippen molar-refractivity contribution >= 4 is 47.9 Å². The van der Waals surface area contributed by atoms with Crippen LogP contribution in [-0.4, -0.2) is 31.6 Å². The standard InChI is InChI=1S/C24H33N7.2ClH/c1-16(17-7-3-2-4-8-17)27-24-29-21-15-26-23(28-19-13-11-18(25)12-14-19)30-22(21)31(24)20-9-5-6-10-20;;/h2-4,7-8,15-16,18-20H,5-6,9-14,25H2,1H3,(H,27,29)(H,26,28,30);2*1H/t16-,18-,19-;;/m1../s1. The Morgan fingerprint density at radius 2 is 1.67 bits per heavy atom. The van der Waals surface area contributed by atoms with Crippen molar-refractivity contribution in [3.8, 4) is 0 Å². The molecule has 2 fully saturated rings. The zero-order valence-electron chi connectivity index (χ0n) is 19.1. The highest BCUT2D eigenvalue weighted by Gasteiger charge is 2.25. The Kier molecular flexibility index (Phi) is 8.79. The second kappa shape index (κ2) is 11.4. The Morgan fingerprint density at radius 3 is 2.36 bits per heavy atom. The predicted molar refractivity (Wildman–Crippen MR) is 140 cm³/mol. The molecule has 0 aliphatic heterocycles. The van der Waals surface area contributed by atoms with E-state index in [1.165, 1.54) is 31.2 Å². The molecule has 1 atom stereocenters. The first-order chi connectivity index (χ1) is 15.2. The molecule has 180 valence electrons. The average molecular weight is 492 g/mol. The van der Waals surface area contributed by atoms with E-state index in [0.717, 1.165) is 42.8 Å². The van der Waals surface area contributed by atoms with Gasteiger partial charge in [0.1, 0.15) is 5.52 Å². The lowest BCUT2D eigenvalue weighted by Gasteiger charge is -2.26. The van der Waals surface area contributed by atoms with Crippen molar-refractivity contribution in [3.05, 3.63) is 42.1 Å². The van der Waals surface area contributed by atoms with Crippen LogP contribution in [-0.2, 0) is 0 Å². The van der Waals surface area contributed by atoms with E-state index in [-0.39, 0.29) is 30.9 Å². The summed E-state index contributed by atoms with van der Waals surface area (Å²) >= 11 is 0. The molecular weight excluding hydrogens is 457 g/mol. The van der Waals surface area contributed by atoms with E-state index in [0.29, 0.717) is 24.1 Å². The number of fused-ring (bicyclic) bond motifs is 1. The van der Waals surface area contributed by atoms with Gasteiger partial charge in [0.2, 0.25) is 11.9 Å². The van der Waals surface area contributed by atoms with Crippen molar-refractivity contribution in [2.45, 2.75) is 82.5 Å². The number of nitrogens with two attached hydrogens (primary N) is 1. The van der Waals surface area contributed by atoms with Crippen molar-refractivity contribution in [1.29, 1.82) is 0 Å². The van der Waals surface area contributed by atoms with E-state index in [1.807, 2.05) is 12.3 Å². The minimum Gasteiger partial charge on any atom is -0.351 e. The van der Waals surface area contributed by atoms with Gasteiger partial charge in [-0.05, 0) is 51.0 Å². The highest BCUT2D eigenvalue weighted by molar-refractivity contribution is 5.85. The average Bonchev–Trinajstić information content (AvgIpc) is 3.43. The van der Waals surface area contributed by atoms with Crippen LogP contribution >= 0.6 is 24.8 Å². The number of rotatable bonds is 6. The molecular formula is C24H35Cl2N7. The van der Waals surface area contributed by atoms with Crippen LogP contribution in [0.5, 0.6) is 0 Å². The van der Waals surface area contributed by atoms with Crippen molar-refractivity contribution in [1.82, 2.24) is 19.5 Å². The number of halogens is 2. The summed E-state index contributed by atoms with van der Waals surface area (Å²) in [4.78, 5) is 14.4. The van der Waals surface area contributed by atoms with Gasteiger partial charge in [0.15, 0.2) is 5.65 Å². The SMILES string of the molecule is C[C@@H](Nc1nc2cnc(N[C@H]3CC[C@H](N)CC3)nc2n1C1CCCC1)c1ccccc1.Cl.Cl. The largest absolute Gasteiger partial charge is 0.351 e. The molecule has 3 aromatic rings. The fraction of sp³-hybridized carbons (Fsp3) is 0.542. The normalized spacial score (nSPS) is 21.8. The lowest BCUT2D eigenvalue weighted by Crippen LogP contribution is -2.33. The molecule has 9 heteroatoms. The van der Waals surface area contributed by atoms with Crippen molar-refractivity contribution < 1.29 is 0 Å². The lowest BCUT2D eigenvalue weighted by atomic mass is 9.92. The van der Waals surface area contributed by atoms with Gasteiger partial charge in [0.25, 0.3) is 0 Å². The molecule has 2 aliphatic rings. The summed E-state index contributed by atoms with van der Waals surface area (Å²) in [6, 6.07) is 11.8. The fourth-order valence-electron chi connectivity index (χ4n) is 5.04. The second-order valence-corrected chi connectivity index (χ2v) is 9.18. The number of aromatic nitrogens is 4. The maximum absolute atomic E-state index is 6.06. The highest BCUT2D eigenvalue weighted by atomic mass is 35.5. The number of hydrogen-bond acceptors (Lipinski definition) is 6. The molecule has 2 aliphatic carbocycles. The second-order valence-electron chi connectivity index (χ2n) is 9.18. The van der Waals surface area contributed by atoms with Crippen LogP contribution < -0.4 is 16.4 Å². The van der Waals surface area contributed by atoms with E-state index < -0.39 is 0 Å². The van der Waals surface area contributed by atoms with E-state index in [1.54, 1.807) is 0 Å². The zero-order chi connectivity index (χ0) is 21.2. The van der Waals surface area contributed by atoms with Gasteiger partial charge in [0, 0.05) is 18.1 Å². The number of anilines is 2. The van der Waals surface area contributed by atoms with Crippen molar-refractivity contribution in [2.75, 3.05) is 10.6 Å². The first kappa shape index (κ1) is 25.5. The molecule has 5 rings (SSSR count). The Morgan fingerprint density at radius 1 is 0.970 bits per heavy atom. The third kappa shape index (κ3) is 5.70. The molecule has 2 heterocycles. The van der Waals surface area contributed by atoms with Crippen LogP contribution in [0.2, 0.25) is 0 Å². The Hall–Kier alpha value is -2.09. The molecule has 4 N–H and O–H groups in total. The minimum absolute atomic E-state index is 0. The smallest absolute Gasteiger partial charge is 0.224 e. The van der Waals surface area contributed by atoms with E-state index in [2.05, 4.69) is 51.4 Å².